The van der Waals surface area contributed by atoms with Gasteiger partial charge in [0.05, 0.1) is 19.9 Å². The number of pyridine rings is 1. The summed E-state index contributed by atoms with van der Waals surface area (Å²) in [6, 6.07) is 1.07. The molecule has 0 aromatic carbocycles. The molecule has 2 N–H and O–H groups in total. The zero-order valence-corrected chi connectivity index (χ0v) is 9.37. The smallest absolute Gasteiger partial charge is 0.343 e. The Bertz CT molecular complexity index is 424. The number of hydrogen-bond acceptors (Lipinski definition) is 5. The quantitative estimate of drug-likeness (QED) is 0.810. The molecule has 17 heavy (non-hydrogen) atoms. The molecule has 0 fully saturated rings. The molecule has 0 bridgehead atoms. The summed E-state index contributed by atoms with van der Waals surface area (Å²) in [6.07, 6.45) is -2.84. The highest BCUT2D eigenvalue weighted by atomic mass is 19.3. The number of esters is 1. The van der Waals surface area contributed by atoms with Crippen molar-refractivity contribution in [3.05, 3.63) is 22.9 Å². The molecule has 0 aliphatic heterocycles. The highest BCUT2D eigenvalue weighted by molar-refractivity contribution is 5.93. The molecule has 1 aromatic heterocycles. The van der Waals surface area contributed by atoms with Crippen LogP contribution in [0.2, 0.25) is 0 Å². The van der Waals surface area contributed by atoms with E-state index < -0.39 is 18.0 Å². The average molecular weight is 246 g/mol. The topological polar surface area (TPSA) is 74.4 Å². The highest BCUT2D eigenvalue weighted by Gasteiger charge is 2.25. The van der Waals surface area contributed by atoms with E-state index in [0.717, 1.165) is 13.2 Å². The van der Waals surface area contributed by atoms with Crippen molar-refractivity contribution in [1.29, 1.82) is 0 Å². The van der Waals surface area contributed by atoms with Crippen LogP contribution in [0.5, 0.6) is 5.88 Å². The van der Waals surface area contributed by atoms with Gasteiger partial charge >= 0.3 is 5.97 Å². The number of halogens is 2. The molecule has 0 amide bonds. The van der Waals surface area contributed by atoms with E-state index in [1.54, 1.807) is 0 Å². The molecule has 0 aliphatic carbocycles. The average Bonchev–Trinajstić information content (AvgIpc) is 2.35. The number of aromatic nitrogens is 1. The van der Waals surface area contributed by atoms with E-state index in [1.807, 2.05) is 0 Å². The Morgan fingerprint density at radius 2 is 2.18 bits per heavy atom. The summed E-state index contributed by atoms with van der Waals surface area (Å²) >= 11 is 0. The van der Waals surface area contributed by atoms with Crippen LogP contribution in [0.1, 0.15) is 28.0 Å². The summed E-state index contributed by atoms with van der Waals surface area (Å²) in [6.45, 7) is -0.0302. The number of hydrogen-bond donors (Lipinski definition) is 1. The molecule has 0 aliphatic rings. The van der Waals surface area contributed by atoms with Crippen LogP contribution in [0.15, 0.2) is 6.07 Å². The van der Waals surface area contributed by atoms with Crippen LogP contribution >= 0.6 is 0 Å². The van der Waals surface area contributed by atoms with Crippen molar-refractivity contribution >= 4 is 5.97 Å². The number of nitrogens with zero attached hydrogens (tertiary/aromatic N) is 1. The molecular weight excluding hydrogens is 234 g/mol. The van der Waals surface area contributed by atoms with Crippen molar-refractivity contribution in [2.24, 2.45) is 5.73 Å². The first-order chi connectivity index (χ1) is 8.04. The largest absolute Gasteiger partial charge is 0.480 e. The minimum absolute atomic E-state index is 0.0302. The van der Waals surface area contributed by atoms with E-state index in [4.69, 9.17) is 10.5 Å². The second-order valence-electron chi connectivity index (χ2n) is 3.08. The van der Waals surface area contributed by atoms with Gasteiger partial charge in [0.15, 0.2) is 0 Å². The van der Waals surface area contributed by atoms with Crippen molar-refractivity contribution in [2.45, 2.75) is 13.0 Å². The molecule has 0 radical (unpaired) electrons. The zero-order valence-electron chi connectivity index (χ0n) is 9.37. The van der Waals surface area contributed by atoms with Gasteiger partial charge in [-0.25, -0.2) is 18.6 Å². The number of methoxy groups -OCH3 is 2. The fraction of sp³-hybridized carbons (Fsp3) is 0.400. The number of ether oxygens (including phenoxy) is 2. The lowest BCUT2D eigenvalue weighted by Gasteiger charge is -2.12. The van der Waals surface area contributed by atoms with Crippen LogP contribution in [0.25, 0.3) is 0 Å². The monoisotopic (exact) mass is 246 g/mol. The summed E-state index contributed by atoms with van der Waals surface area (Å²) in [5, 5.41) is 0. The first kappa shape index (κ1) is 13.3. The molecule has 1 aromatic rings. The molecule has 1 rings (SSSR count). The molecule has 0 atom stereocenters. The Labute approximate surface area is 96.5 Å². The van der Waals surface area contributed by atoms with Gasteiger partial charge in [-0.2, -0.15) is 0 Å². The van der Waals surface area contributed by atoms with Gasteiger partial charge in [0.1, 0.15) is 5.56 Å². The van der Waals surface area contributed by atoms with Crippen molar-refractivity contribution in [3.63, 3.8) is 0 Å². The standard InChI is InChI=1S/C10H12F2N2O3/c1-16-9-7(10(15)17-2)6(8(11)12)3-5(4-13)14-9/h3,8H,4,13H2,1-2H3. The molecule has 0 unspecified atom stereocenters. The van der Waals surface area contributed by atoms with Crippen molar-refractivity contribution in [2.75, 3.05) is 14.2 Å². The molecule has 5 nitrogen and oxygen atoms in total. The minimum atomic E-state index is -2.84. The molecule has 0 saturated heterocycles. The zero-order chi connectivity index (χ0) is 13.0. The number of nitrogens with two attached hydrogens (primary N) is 1. The van der Waals surface area contributed by atoms with E-state index in [1.165, 1.54) is 7.11 Å². The van der Waals surface area contributed by atoms with Gasteiger partial charge in [-0.05, 0) is 6.07 Å². The molecule has 94 valence electrons. The normalized spacial score (nSPS) is 10.5. The first-order valence-corrected chi connectivity index (χ1v) is 4.69. The number of carbonyl (C=O) groups excluding carboxylic acids is 1. The molecule has 7 heteroatoms. The molecule has 0 spiro atoms. The molecular formula is C10H12F2N2O3. The van der Waals surface area contributed by atoms with Crippen LogP contribution in [0.3, 0.4) is 0 Å². The minimum Gasteiger partial charge on any atom is -0.480 e. The Hall–Kier alpha value is -1.76. The van der Waals surface area contributed by atoms with Gasteiger partial charge in [-0.15, -0.1) is 0 Å². The van der Waals surface area contributed by atoms with Crippen LogP contribution in [0.4, 0.5) is 8.78 Å². The predicted molar refractivity (Wildman–Crippen MR) is 55.0 cm³/mol. The van der Waals surface area contributed by atoms with Gasteiger partial charge in [-0.3, -0.25) is 0 Å². The summed E-state index contributed by atoms with van der Waals surface area (Å²) in [7, 11) is 2.32. The lowest BCUT2D eigenvalue weighted by Crippen LogP contribution is -2.13. The van der Waals surface area contributed by atoms with Gasteiger partial charge in [-0.1, -0.05) is 0 Å². The maximum atomic E-state index is 12.8. The third-order valence-electron chi connectivity index (χ3n) is 2.10. The van der Waals surface area contributed by atoms with E-state index in [9.17, 15) is 13.6 Å². The Morgan fingerprint density at radius 1 is 1.53 bits per heavy atom. The third-order valence-corrected chi connectivity index (χ3v) is 2.10. The van der Waals surface area contributed by atoms with E-state index in [0.29, 0.717) is 0 Å². The van der Waals surface area contributed by atoms with Crippen LogP contribution in [0, 0.1) is 0 Å². The molecule has 0 saturated carbocycles. The highest BCUT2D eigenvalue weighted by Crippen LogP contribution is 2.29. The van der Waals surface area contributed by atoms with Crippen molar-refractivity contribution < 1.29 is 23.0 Å². The van der Waals surface area contributed by atoms with Crippen LogP contribution in [-0.4, -0.2) is 25.2 Å². The second kappa shape index (κ2) is 5.53. The summed E-state index contributed by atoms with van der Waals surface area (Å²) in [5.41, 5.74) is 4.67. The summed E-state index contributed by atoms with van der Waals surface area (Å²) in [5.74, 6) is -1.14. The van der Waals surface area contributed by atoms with Gasteiger partial charge < -0.3 is 15.2 Å². The summed E-state index contributed by atoms with van der Waals surface area (Å²) < 4.78 is 34.9. The van der Waals surface area contributed by atoms with Gasteiger partial charge in [0, 0.05) is 12.1 Å². The second-order valence-corrected chi connectivity index (χ2v) is 3.08. The number of rotatable bonds is 4. The number of carbonyl (C=O) groups is 1. The molecule has 1 heterocycles. The predicted octanol–water partition coefficient (Wildman–Crippen LogP) is 1.27. The third kappa shape index (κ3) is 2.68. The lowest BCUT2D eigenvalue weighted by atomic mass is 10.1. The Balaban J connectivity index is 3.46. The van der Waals surface area contributed by atoms with Crippen molar-refractivity contribution in [3.8, 4) is 5.88 Å². The Kier molecular flexibility index (Phi) is 4.33. The van der Waals surface area contributed by atoms with Gasteiger partial charge in [0.25, 0.3) is 6.43 Å². The van der Waals surface area contributed by atoms with Crippen molar-refractivity contribution in [1.82, 2.24) is 4.98 Å². The van der Waals surface area contributed by atoms with Crippen LogP contribution < -0.4 is 10.5 Å². The first-order valence-electron chi connectivity index (χ1n) is 4.69. The van der Waals surface area contributed by atoms with Crippen LogP contribution in [-0.2, 0) is 11.3 Å². The number of alkyl halides is 2. The van der Waals surface area contributed by atoms with E-state index in [2.05, 4.69) is 9.72 Å². The van der Waals surface area contributed by atoms with E-state index >= 15 is 0 Å². The maximum absolute atomic E-state index is 12.8. The maximum Gasteiger partial charge on any atom is 0.343 e. The fourth-order valence-corrected chi connectivity index (χ4v) is 1.33. The van der Waals surface area contributed by atoms with E-state index in [-0.39, 0.29) is 23.7 Å². The fourth-order valence-electron chi connectivity index (χ4n) is 1.33. The SMILES string of the molecule is COC(=O)c1c(C(F)F)cc(CN)nc1OC. The summed E-state index contributed by atoms with van der Waals surface area (Å²) in [4.78, 5) is 15.3. The van der Waals surface area contributed by atoms with Gasteiger partial charge in [0.2, 0.25) is 5.88 Å². The lowest BCUT2D eigenvalue weighted by molar-refractivity contribution is 0.0583. The Morgan fingerprint density at radius 3 is 2.59 bits per heavy atom.